The topological polar surface area (TPSA) is 53.0 Å². The van der Waals surface area contributed by atoms with Crippen molar-refractivity contribution in [1.29, 1.82) is 0 Å². The van der Waals surface area contributed by atoms with E-state index in [4.69, 9.17) is 5.73 Å². The largest absolute Gasteiger partial charge is 0.393 e. The van der Waals surface area contributed by atoms with Crippen molar-refractivity contribution in [2.45, 2.75) is 46.2 Å². The number of halogens is 1. The maximum absolute atomic E-state index is 12.5. The summed E-state index contributed by atoms with van der Waals surface area (Å²) in [5.74, 6) is 0. The fourth-order valence-electron chi connectivity index (χ4n) is 2.57. The van der Waals surface area contributed by atoms with Gasteiger partial charge in [0.05, 0.1) is 12.2 Å². The zero-order valence-corrected chi connectivity index (χ0v) is 14.2. The molecule has 1 aromatic carbocycles. The molecule has 21 heavy (non-hydrogen) atoms. The summed E-state index contributed by atoms with van der Waals surface area (Å²) in [5.41, 5.74) is 8.42. The normalized spacial score (nSPS) is 11.0. The smallest absolute Gasteiger partial charge is 0.290 e. The molecular formula is C16H22BrN3O. The molecule has 1 heterocycles. The first-order chi connectivity index (χ1) is 10.1. The van der Waals surface area contributed by atoms with Crippen molar-refractivity contribution < 1.29 is 0 Å². The highest BCUT2D eigenvalue weighted by Crippen LogP contribution is 2.19. The second kappa shape index (κ2) is 6.98. The Kier molecular flexibility index (Phi) is 5.28. The molecule has 0 amide bonds. The van der Waals surface area contributed by atoms with Crippen molar-refractivity contribution >= 4 is 21.6 Å². The minimum absolute atomic E-state index is 0.0809. The minimum Gasteiger partial charge on any atom is -0.393 e. The molecule has 0 aliphatic heterocycles. The number of anilines is 1. The highest BCUT2D eigenvalue weighted by molar-refractivity contribution is 9.10. The average Bonchev–Trinajstić information content (AvgIpc) is 2.68. The summed E-state index contributed by atoms with van der Waals surface area (Å²) in [7, 11) is 0. The van der Waals surface area contributed by atoms with Crippen LogP contribution in [0.25, 0.3) is 0 Å². The molecule has 0 radical (unpaired) electrons. The van der Waals surface area contributed by atoms with E-state index in [0.717, 1.165) is 41.5 Å². The summed E-state index contributed by atoms with van der Waals surface area (Å²) in [4.78, 5) is 12.5. The monoisotopic (exact) mass is 351 g/mol. The van der Waals surface area contributed by atoms with Gasteiger partial charge >= 0.3 is 0 Å². The van der Waals surface area contributed by atoms with Crippen molar-refractivity contribution in [1.82, 2.24) is 9.36 Å². The fraction of sp³-hybridized carbons (Fsp3) is 0.438. The van der Waals surface area contributed by atoms with Crippen molar-refractivity contribution in [3.05, 3.63) is 50.3 Å². The number of nitrogens with zero attached hydrogens (tertiary/aromatic N) is 2. The number of nitrogens with two attached hydrogens (primary N) is 1. The summed E-state index contributed by atoms with van der Waals surface area (Å²) in [6.07, 6.45) is 2.79. The summed E-state index contributed by atoms with van der Waals surface area (Å²) >= 11 is 3.54. The Bertz CT molecular complexity index is 673. The maximum Gasteiger partial charge on any atom is 0.290 e. The number of benzene rings is 1. The SMILES string of the molecule is CCCc1c(N)c(=O)n(Cc2ccccc2Br)n1CCC. The third-order valence-corrected chi connectivity index (χ3v) is 4.35. The quantitative estimate of drug-likeness (QED) is 0.866. The van der Waals surface area contributed by atoms with E-state index >= 15 is 0 Å². The van der Waals surface area contributed by atoms with E-state index in [1.165, 1.54) is 0 Å². The molecule has 2 aromatic rings. The van der Waals surface area contributed by atoms with Gasteiger partial charge in [0, 0.05) is 11.0 Å². The molecule has 0 aliphatic carbocycles. The number of hydrogen-bond donors (Lipinski definition) is 1. The van der Waals surface area contributed by atoms with Crippen LogP contribution in [0.1, 0.15) is 37.9 Å². The van der Waals surface area contributed by atoms with Gasteiger partial charge in [-0.3, -0.25) is 9.48 Å². The predicted octanol–water partition coefficient (Wildman–Crippen LogP) is 3.41. The summed E-state index contributed by atoms with van der Waals surface area (Å²) in [6.45, 7) is 5.56. The van der Waals surface area contributed by atoms with Gasteiger partial charge in [0.2, 0.25) is 0 Å². The van der Waals surface area contributed by atoms with E-state index in [1.807, 2.05) is 24.3 Å². The molecule has 114 valence electrons. The van der Waals surface area contributed by atoms with Crippen molar-refractivity contribution in [3.63, 3.8) is 0 Å². The van der Waals surface area contributed by atoms with Gasteiger partial charge in [-0.1, -0.05) is 54.4 Å². The zero-order valence-electron chi connectivity index (χ0n) is 12.6. The van der Waals surface area contributed by atoms with Crippen LogP contribution in [0.2, 0.25) is 0 Å². The van der Waals surface area contributed by atoms with Crippen LogP contribution in [0, 0.1) is 0 Å². The third kappa shape index (κ3) is 3.23. The van der Waals surface area contributed by atoms with Crippen LogP contribution in [-0.2, 0) is 19.5 Å². The van der Waals surface area contributed by atoms with Gasteiger partial charge in [-0.15, -0.1) is 0 Å². The third-order valence-electron chi connectivity index (χ3n) is 3.58. The molecule has 0 saturated heterocycles. The van der Waals surface area contributed by atoms with Crippen LogP contribution in [0.5, 0.6) is 0 Å². The highest BCUT2D eigenvalue weighted by Gasteiger charge is 2.17. The van der Waals surface area contributed by atoms with E-state index < -0.39 is 0 Å². The van der Waals surface area contributed by atoms with Gasteiger partial charge in [-0.2, -0.15) is 0 Å². The van der Waals surface area contributed by atoms with E-state index in [9.17, 15) is 4.79 Å². The van der Waals surface area contributed by atoms with Gasteiger partial charge in [0.15, 0.2) is 0 Å². The highest BCUT2D eigenvalue weighted by atomic mass is 79.9. The van der Waals surface area contributed by atoms with Gasteiger partial charge in [-0.05, 0) is 24.5 Å². The second-order valence-electron chi connectivity index (χ2n) is 5.19. The van der Waals surface area contributed by atoms with Gasteiger partial charge < -0.3 is 5.73 Å². The van der Waals surface area contributed by atoms with Crippen LogP contribution in [0.4, 0.5) is 5.69 Å². The zero-order chi connectivity index (χ0) is 15.4. The molecular weight excluding hydrogens is 330 g/mol. The minimum atomic E-state index is -0.0809. The van der Waals surface area contributed by atoms with Crippen LogP contribution >= 0.6 is 15.9 Å². The molecule has 5 heteroatoms. The lowest BCUT2D eigenvalue weighted by atomic mass is 10.2. The summed E-state index contributed by atoms with van der Waals surface area (Å²) < 4.78 is 4.83. The molecule has 2 N–H and O–H groups in total. The molecule has 0 unspecified atom stereocenters. The van der Waals surface area contributed by atoms with Gasteiger partial charge in [-0.25, -0.2) is 4.68 Å². The van der Waals surface area contributed by atoms with E-state index in [1.54, 1.807) is 4.68 Å². The Morgan fingerprint density at radius 2 is 1.86 bits per heavy atom. The standard InChI is InChI=1S/C16H22BrN3O/c1-3-7-14-15(18)16(21)20(19(14)10-4-2)11-12-8-5-6-9-13(12)17/h5-6,8-9H,3-4,7,10-11,18H2,1-2H3. The lowest BCUT2D eigenvalue weighted by Crippen LogP contribution is -2.25. The van der Waals surface area contributed by atoms with Crippen molar-refractivity contribution in [2.75, 3.05) is 5.73 Å². The molecule has 0 aliphatic rings. The van der Waals surface area contributed by atoms with Crippen LogP contribution in [0.15, 0.2) is 33.5 Å². The Balaban J connectivity index is 2.50. The van der Waals surface area contributed by atoms with Gasteiger partial charge in [0.1, 0.15) is 5.69 Å². The number of rotatable bonds is 6. The molecule has 2 rings (SSSR count). The van der Waals surface area contributed by atoms with E-state index in [0.29, 0.717) is 12.2 Å². The van der Waals surface area contributed by atoms with E-state index in [-0.39, 0.29) is 5.56 Å². The Morgan fingerprint density at radius 1 is 1.14 bits per heavy atom. The van der Waals surface area contributed by atoms with Gasteiger partial charge in [0.25, 0.3) is 5.56 Å². The molecule has 0 saturated carbocycles. The van der Waals surface area contributed by atoms with Crippen molar-refractivity contribution in [3.8, 4) is 0 Å². The Labute approximate surface area is 133 Å². The van der Waals surface area contributed by atoms with Crippen LogP contribution in [-0.4, -0.2) is 9.36 Å². The van der Waals surface area contributed by atoms with Crippen molar-refractivity contribution in [2.24, 2.45) is 0 Å². The fourth-order valence-corrected chi connectivity index (χ4v) is 2.98. The summed E-state index contributed by atoms with van der Waals surface area (Å²) in [6, 6.07) is 7.96. The Morgan fingerprint density at radius 3 is 2.48 bits per heavy atom. The predicted molar refractivity (Wildman–Crippen MR) is 90.6 cm³/mol. The Hall–Kier alpha value is -1.49. The first-order valence-electron chi connectivity index (χ1n) is 7.41. The first kappa shape index (κ1) is 15.9. The number of aromatic nitrogens is 2. The summed E-state index contributed by atoms with van der Waals surface area (Å²) in [5, 5.41) is 0. The van der Waals surface area contributed by atoms with Crippen LogP contribution < -0.4 is 11.3 Å². The van der Waals surface area contributed by atoms with Crippen LogP contribution in [0.3, 0.4) is 0 Å². The number of nitrogen functional groups attached to an aromatic ring is 1. The lowest BCUT2D eigenvalue weighted by molar-refractivity contribution is 0.449. The molecule has 0 spiro atoms. The number of hydrogen-bond acceptors (Lipinski definition) is 2. The lowest BCUT2D eigenvalue weighted by Gasteiger charge is -2.14. The second-order valence-corrected chi connectivity index (χ2v) is 6.04. The molecule has 0 atom stereocenters. The molecule has 4 nitrogen and oxygen atoms in total. The average molecular weight is 352 g/mol. The maximum atomic E-state index is 12.5. The molecule has 0 fully saturated rings. The molecule has 1 aromatic heterocycles. The first-order valence-corrected chi connectivity index (χ1v) is 8.20. The van der Waals surface area contributed by atoms with E-state index in [2.05, 4.69) is 34.5 Å². The molecule has 0 bridgehead atoms.